The van der Waals surface area contributed by atoms with Gasteiger partial charge in [0.15, 0.2) is 0 Å². The van der Waals surface area contributed by atoms with E-state index in [1.807, 2.05) is 0 Å². The lowest BCUT2D eigenvalue weighted by Gasteiger charge is -2.16. The standard InChI is InChI=1S/C8H14N2O4S/c1-3-10(6-5-9)15(12,13)7-4-8(11)14-2/h3-4,6-7H2,1-2H3. The van der Waals surface area contributed by atoms with E-state index in [9.17, 15) is 13.2 Å². The van der Waals surface area contributed by atoms with Gasteiger partial charge in [0.05, 0.1) is 25.4 Å². The summed E-state index contributed by atoms with van der Waals surface area (Å²) in [5.41, 5.74) is 0. The van der Waals surface area contributed by atoms with Gasteiger partial charge in [-0.2, -0.15) is 9.57 Å². The molecule has 0 amide bonds. The first-order chi connectivity index (χ1) is 6.97. The van der Waals surface area contributed by atoms with Crippen molar-refractivity contribution in [1.82, 2.24) is 4.31 Å². The molecule has 0 N–H and O–H groups in total. The highest BCUT2D eigenvalue weighted by atomic mass is 32.2. The van der Waals surface area contributed by atoms with Gasteiger partial charge in [-0.15, -0.1) is 0 Å². The molecule has 0 aliphatic heterocycles. The van der Waals surface area contributed by atoms with Crippen molar-refractivity contribution in [2.75, 3.05) is 26.0 Å². The van der Waals surface area contributed by atoms with Crippen molar-refractivity contribution in [2.45, 2.75) is 13.3 Å². The number of nitriles is 1. The van der Waals surface area contributed by atoms with E-state index < -0.39 is 16.0 Å². The molecule has 0 bridgehead atoms. The summed E-state index contributed by atoms with van der Waals surface area (Å²) in [5.74, 6) is -0.901. The number of carbonyl (C=O) groups excluding carboxylic acids is 1. The van der Waals surface area contributed by atoms with Gasteiger partial charge in [-0.25, -0.2) is 8.42 Å². The number of sulfonamides is 1. The second kappa shape index (κ2) is 6.37. The Morgan fingerprint density at radius 1 is 1.53 bits per heavy atom. The average molecular weight is 234 g/mol. The van der Waals surface area contributed by atoms with Gasteiger partial charge in [0.1, 0.15) is 6.54 Å². The Morgan fingerprint density at radius 3 is 2.53 bits per heavy atom. The number of methoxy groups -OCH3 is 1. The maximum atomic E-state index is 11.5. The number of ether oxygens (including phenoxy) is 1. The molecule has 0 aromatic rings. The van der Waals surface area contributed by atoms with Crippen LogP contribution in [0, 0.1) is 11.3 Å². The topological polar surface area (TPSA) is 87.5 Å². The smallest absolute Gasteiger partial charge is 0.306 e. The summed E-state index contributed by atoms with van der Waals surface area (Å²) in [6, 6.07) is 1.76. The lowest BCUT2D eigenvalue weighted by molar-refractivity contribution is -0.140. The summed E-state index contributed by atoms with van der Waals surface area (Å²) in [6.07, 6.45) is -0.194. The van der Waals surface area contributed by atoms with E-state index in [0.29, 0.717) is 0 Å². The Morgan fingerprint density at radius 2 is 2.13 bits per heavy atom. The zero-order valence-electron chi connectivity index (χ0n) is 8.76. The normalized spacial score (nSPS) is 11.1. The van der Waals surface area contributed by atoms with Crippen molar-refractivity contribution in [2.24, 2.45) is 0 Å². The summed E-state index contributed by atoms with van der Waals surface area (Å²) >= 11 is 0. The second-order valence-electron chi connectivity index (χ2n) is 2.73. The molecule has 0 spiro atoms. The van der Waals surface area contributed by atoms with E-state index >= 15 is 0 Å². The summed E-state index contributed by atoms with van der Waals surface area (Å²) in [7, 11) is -2.33. The molecule has 0 aromatic heterocycles. The van der Waals surface area contributed by atoms with Crippen LogP contribution in [0.25, 0.3) is 0 Å². The zero-order chi connectivity index (χ0) is 11.9. The van der Waals surface area contributed by atoms with Crippen molar-refractivity contribution >= 4 is 16.0 Å². The third kappa shape index (κ3) is 4.76. The predicted molar refractivity (Wildman–Crippen MR) is 53.3 cm³/mol. The number of carbonyl (C=O) groups is 1. The minimum Gasteiger partial charge on any atom is -0.469 e. The van der Waals surface area contributed by atoms with Crippen molar-refractivity contribution in [1.29, 1.82) is 5.26 Å². The maximum Gasteiger partial charge on any atom is 0.306 e. The molecule has 0 rings (SSSR count). The molecule has 0 atom stereocenters. The minimum absolute atomic E-state index is 0.194. The van der Waals surface area contributed by atoms with Crippen LogP contribution in [-0.4, -0.2) is 44.6 Å². The van der Waals surface area contributed by atoms with Crippen molar-refractivity contribution in [3.8, 4) is 6.07 Å². The minimum atomic E-state index is -3.53. The molecule has 0 heterocycles. The molecule has 0 saturated carbocycles. The van der Waals surface area contributed by atoms with Gasteiger partial charge in [0.2, 0.25) is 10.0 Å². The quantitative estimate of drug-likeness (QED) is 0.466. The van der Waals surface area contributed by atoms with E-state index in [-0.39, 0.29) is 25.3 Å². The lowest BCUT2D eigenvalue weighted by atomic mass is 10.5. The molecular weight excluding hydrogens is 220 g/mol. The van der Waals surface area contributed by atoms with Gasteiger partial charge >= 0.3 is 5.97 Å². The molecule has 0 aliphatic rings. The van der Waals surface area contributed by atoms with E-state index in [4.69, 9.17) is 5.26 Å². The van der Waals surface area contributed by atoms with Gasteiger partial charge in [0, 0.05) is 6.54 Å². The summed E-state index contributed by atoms with van der Waals surface area (Å²) < 4.78 is 28.4. The van der Waals surface area contributed by atoms with E-state index in [0.717, 1.165) is 4.31 Å². The van der Waals surface area contributed by atoms with Crippen LogP contribution in [0.3, 0.4) is 0 Å². The van der Waals surface area contributed by atoms with Gasteiger partial charge in [-0.1, -0.05) is 6.92 Å². The van der Waals surface area contributed by atoms with Crippen LogP contribution in [0.2, 0.25) is 0 Å². The Labute approximate surface area is 89.5 Å². The highest BCUT2D eigenvalue weighted by Crippen LogP contribution is 2.03. The largest absolute Gasteiger partial charge is 0.469 e. The van der Waals surface area contributed by atoms with Gasteiger partial charge in [-0.05, 0) is 0 Å². The first kappa shape index (κ1) is 13.9. The van der Waals surface area contributed by atoms with Crippen molar-refractivity contribution in [3.05, 3.63) is 0 Å². The number of rotatable bonds is 6. The molecule has 86 valence electrons. The third-order valence-electron chi connectivity index (χ3n) is 1.78. The molecule has 7 heteroatoms. The van der Waals surface area contributed by atoms with Crippen LogP contribution in [0.1, 0.15) is 13.3 Å². The Bertz CT molecular complexity index is 344. The molecule has 0 radical (unpaired) electrons. The maximum absolute atomic E-state index is 11.5. The average Bonchev–Trinajstić information content (AvgIpc) is 2.22. The monoisotopic (exact) mass is 234 g/mol. The second-order valence-corrected chi connectivity index (χ2v) is 4.81. The predicted octanol–water partition coefficient (Wildman–Crippen LogP) is -0.275. The Kier molecular flexibility index (Phi) is 5.89. The van der Waals surface area contributed by atoms with Gasteiger partial charge < -0.3 is 4.74 Å². The fraction of sp³-hybridized carbons (Fsp3) is 0.750. The zero-order valence-corrected chi connectivity index (χ0v) is 9.58. The first-order valence-corrected chi connectivity index (χ1v) is 6.00. The van der Waals surface area contributed by atoms with Crippen LogP contribution < -0.4 is 0 Å². The van der Waals surface area contributed by atoms with Gasteiger partial charge in [0.25, 0.3) is 0 Å². The Balaban J connectivity index is 4.40. The molecule has 0 unspecified atom stereocenters. The van der Waals surface area contributed by atoms with Crippen LogP contribution in [0.15, 0.2) is 0 Å². The fourth-order valence-corrected chi connectivity index (χ4v) is 2.26. The van der Waals surface area contributed by atoms with Crippen molar-refractivity contribution < 1.29 is 17.9 Å². The fourth-order valence-electron chi connectivity index (χ4n) is 0.929. The number of hydrogen-bond acceptors (Lipinski definition) is 5. The number of nitrogens with zero attached hydrogens (tertiary/aromatic N) is 2. The molecule has 0 fully saturated rings. The summed E-state index contributed by atoms with van der Waals surface area (Å²) in [5, 5.41) is 8.41. The van der Waals surface area contributed by atoms with Crippen LogP contribution >= 0.6 is 0 Å². The highest BCUT2D eigenvalue weighted by molar-refractivity contribution is 7.89. The van der Waals surface area contributed by atoms with E-state index in [2.05, 4.69) is 4.74 Å². The lowest BCUT2D eigenvalue weighted by Crippen LogP contribution is -2.33. The molecule has 6 nitrogen and oxygen atoms in total. The van der Waals surface area contributed by atoms with Gasteiger partial charge in [-0.3, -0.25) is 4.79 Å². The van der Waals surface area contributed by atoms with Crippen LogP contribution in [0.4, 0.5) is 0 Å². The number of esters is 1. The molecule has 0 aromatic carbocycles. The first-order valence-electron chi connectivity index (χ1n) is 4.39. The van der Waals surface area contributed by atoms with E-state index in [1.165, 1.54) is 7.11 Å². The van der Waals surface area contributed by atoms with Crippen molar-refractivity contribution in [3.63, 3.8) is 0 Å². The third-order valence-corrected chi connectivity index (χ3v) is 3.68. The van der Waals surface area contributed by atoms with Crippen LogP contribution in [0.5, 0.6) is 0 Å². The summed E-state index contributed by atoms with van der Waals surface area (Å²) in [6.45, 7) is 1.66. The SMILES string of the molecule is CCN(CC#N)S(=O)(=O)CCC(=O)OC. The van der Waals surface area contributed by atoms with E-state index in [1.54, 1.807) is 13.0 Å². The highest BCUT2D eigenvalue weighted by Gasteiger charge is 2.21. The molecule has 0 saturated heterocycles. The molecule has 15 heavy (non-hydrogen) atoms. The molecule has 0 aliphatic carbocycles. The summed E-state index contributed by atoms with van der Waals surface area (Å²) in [4.78, 5) is 10.8. The van der Waals surface area contributed by atoms with Crippen LogP contribution in [-0.2, 0) is 19.6 Å². The Hall–Kier alpha value is -1.13. The number of hydrogen-bond donors (Lipinski definition) is 0. The molecular formula is C8H14N2O4S.